The highest BCUT2D eigenvalue weighted by atomic mass is 127. The molecule has 1 aliphatic rings. The van der Waals surface area contributed by atoms with Crippen LogP contribution in [-0.2, 0) is 6.54 Å². The maximum Gasteiger partial charge on any atom is 0.200 e. The zero-order valence-corrected chi connectivity index (χ0v) is 16.0. The first kappa shape index (κ1) is 19.4. The average molecular weight is 433 g/mol. The number of methoxy groups -OCH3 is 2. The van der Waals surface area contributed by atoms with Gasteiger partial charge in [0.15, 0.2) is 17.5 Å². The number of aromatic hydroxyl groups is 1. The number of phenols is 1. The van der Waals surface area contributed by atoms with Gasteiger partial charge in [0.05, 0.1) is 14.2 Å². The first-order valence-corrected chi connectivity index (χ1v) is 7.24. The lowest BCUT2D eigenvalue weighted by Crippen LogP contribution is -2.42. The number of aliphatic imine (C=N–C) groups is 1. The van der Waals surface area contributed by atoms with Crippen molar-refractivity contribution >= 4 is 29.9 Å². The van der Waals surface area contributed by atoms with Crippen LogP contribution >= 0.6 is 24.0 Å². The van der Waals surface area contributed by atoms with E-state index in [9.17, 15) is 5.11 Å². The molecule has 7 heteroatoms. The van der Waals surface area contributed by atoms with Crippen molar-refractivity contribution in [2.45, 2.75) is 25.4 Å². The molecule has 1 aliphatic carbocycles. The van der Waals surface area contributed by atoms with Crippen LogP contribution in [0.15, 0.2) is 29.3 Å². The molecule has 0 bridgehead atoms. The predicted molar refractivity (Wildman–Crippen MR) is 102 cm³/mol. The molecule has 0 atom stereocenters. The number of guanidine groups is 1. The van der Waals surface area contributed by atoms with Crippen LogP contribution in [0.25, 0.3) is 0 Å². The zero-order chi connectivity index (χ0) is 15.9. The first-order chi connectivity index (χ1) is 10.7. The topological polar surface area (TPSA) is 75.1 Å². The molecule has 0 amide bonds. The fraction of sp³-hybridized carbons (Fsp3) is 0.438. The average Bonchev–Trinajstić information content (AvgIpc) is 3.05. The molecule has 128 valence electrons. The van der Waals surface area contributed by atoms with E-state index in [1.807, 2.05) is 0 Å². The smallest absolute Gasteiger partial charge is 0.200 e. The number of benzene rings is 1. The number of nitrogens with zero attached hydrogens (tertiary/aromatic N) is 1. The summed E-state index contributed by atoms with van der Waals surface area (Å²) < 4.78 is 10.3. The van der Waals surface area contributed by atoms with E-state index in [4.69, 9.17) is 9.47 Å². The number of rotatable bonds is 5. The van der Waals surface area contributed by atoms with Crippen LogP contribution in [0.3, 0.4) is 0 Å². The lowest BCUT2D eigenvalue weighted by atomic mass is 10.2. The maximum absolute atomic E-state index is 9.91. The molecule has 23 heavy (non-hydrogen) atoms. The van der Waals surface area contributed by atoms with E-state index < -0.39 is 0 Å². The van der Waals surface area contributed by atoms with Crippen molar-refractivity contribution < 1.29 is 14.6 Å². The Balaban J connectivity index is 0.00000264. The Kier molecular flexibility index (Phi) is 8.01. The van der Waals surface area contributed by atoms with Crippen LogP contribution < -0.4 is 20.1 Å². The molecular weight excluding hydrogens is 409 g/mol. The minimum atomic E-state index is 0. The van der Waals surface area contributed by atoms with Crippen molar-refractivity contribution in [1.29, 1.82) is 0 Å². The SMILES string of the molecule is CN=C(NCc1cc(OC)c(O)c(OC)c1)NC1CC=CC1.I. The summed E-state index contributed by atoms with van der Waals surface area (Å²) >= 11 is 0. The van der Waals surface area contributed by atoms with Crippen LogP contribution in [0.4, 0.5) is 0 Å². The molecule has 0 unspecified atom stereocenters. The van der Waals surface area contributed by atoms with Gasteiger partial charge in [-0.15, -0.1) is 24.0 Å². The van der Waals surface area contributed by atoms with Crippen LogP contribution in [-0.4, -0.2) is 38.4 Å². The molecule has 0 fully saturated rings. The number of hydrogen-bond acceptors (Lipinski definition) is 4. The molecule has 0 aromatic heterocycles. The Morgan fingerprint density at radius 1 is 1.22 bits per heavy atom. The summed E-state index contributed by atoms with van der Waals surface area (Å²) in [5.74, 6) is 1.53. The predicted octanol–water partition coefficient (Wildman–Crippen LogP) is 2.41. The van der Waals surface area contributed by atoms with E-state index in [-0.39, 0.29) is 29.7 Å². The Morgan fingerprint density at radius 2 is 1.78 bits per heavy atom. The number of nitrogens with one attached hydrogen (secondary N) is 2. The molecule has 2 rings (SSSR count). The van der Waals surface area contributed by atoms with Gasteiger partial charge in [-0.1, -0.05) is 12.2 Å². The molecule has 0 heterocycles. The third-order valence-corrected chi connectivity index (χ3v) is 3.57. The van der Waals surface area contributed by atoms with Gasteiger partial charge in [0.2, 0.25) is 5.75 Å². The van der Waals surface area contributed by atoms with Crippen LogP contribution in [0.2, 0.25) is 0 Å². The Labute approximate surface area is 154 Å². The second kappa shape index (κ2) is 9.49. The van der Waals surface area contributed by atoms with E-state index in [1.165, 1.54) is 14.2 Å². The monoisotopic (exact) mass is 433 g/mol. The van der Waals surface area contributed by atoms with Crippen molar-refractivity contribution in [2.24, 2.45) is 4.99 Å². The summed E-state index contributed by atoms with van der Waals surface area (Å²) in [6.07, 6.45) is 6.37. The van der Waals surface area contributed by atoms with Gasteiger partial charge in [0.1, 0.15) is 0 Å². The van der Waals surface area contributed by atoms with E-state index in [2.05, 4.69) is 27.8 Å². The summed E-state index contributed by atoms with van der Waals surface area (Å²) in [4.78, 5) is 4.22. The molecule has 0 spiro atoms. The summed E-state index contributed by atoms with van der Waals surface area (Å²) in [5, 5.41) is 16.5. The normalized spacial score (nSPS) is 14.3. The largest absolute Gasteiger partial charge is 0.502 e. The number of ether oxygens (including phenoxy) is 2. The highest BCUT2D eigenvalue weighted by Crippen LogP contribution is 2.36. The molecule has 1 aromatic rings. The summed E-state index contributed by atoms with van der Waals surface area (Å²) in [5.41, 5.74) is 0.930. The first-order valence-electron chi connectivity index (χ1n) is 7.24. The molecule has 0 radical (unpaired) electrons. The van der Waals surface area contributed by atoms with E-state index >= 15 is 0 Å². The number of phenolic OH excluding ortho intramolecular Hbond substituents is 1. The lowest BCUT2D eigenvalue weighted by Gasteiger charge is -2.17. The molecule has 0 aliphatic heterocycles. The van der Waals surface area contributed by atoms with Crippen LogP contribution in [0.1, 0.15) is 18.4 Å². The summed E-state index contributed by atoms with van der Waals surface area (Å²) in [7, 11) is 4.77. The second-order valence-corrected chi connectivity index (χ2v) is 5.06. The third-order valence-electron chi connectivity index (χ3n) is 3.57. The van der Waals surface area contributed by atoms with Gasteiger partial charge in [-0.05, 0) is 30.5 Å². The van der Waals surface area contributed by atoms with E-state index in [1.54, 1.807) is 19.2 Å². The third kappa shape index (κ3) is 5.19. The van der Waals surface area contributed by atoms with Gasteiger partial charge < -0.3 is 25.2 Å². The van der Waals surface area contributed by atoms with Gasteiger partial charge in [0.25, 0.3) is 0 Å². The second-order valence-electron chi connectivity index (χ2n) is 5.06. The fourth-order valence-corrected chi connectivity index (χ4v) is 2.36. The molecule has 0 saturated heterocycles. The van der Waals surface area contributed by atoms with Gasteiger partial charge >= 0.3 is 0 Å². The standard InChI is InChI=1S/C16H23N3O3.HI/c1-17-16(19-12-6-4-5-7-12)18-10-11-8-13(21-2)15(20)14(9-11)22-3;/h4-5,8-9,12,20H,6-7,10H2,1-3H3,(H2,17,18,19);1H. The van der Waals surface area contributed by atoms with Crippen molar-refractivity contribution in [3.63, 3.8) is 0 Å². The van der Waals surface area contributed by atoms with Gasteiger partial charge in [-0.3, -0.25) is 4.99 Å². The van der Waals surface area contributed by atoms with Crippen LogP contribution in [0.5, 0.6) is 17.2 Å². The fourth-order valence-electron chi connectivity index (χ4n) is 2.36. The van der Waals surface area contributed by atoms with Gasteiger partial charge in [0, 0.05) is 19.6 Å². The minimum absolute atomic E-state index is 0. The van der Waals surface area contributed by atoms with E-state index in [0.717, 1.165) is 24.4 Å². The van der Waals surface area contributed by atoms with Crippen LogP contribution in [0, 0.1) is 0 Å². The van der Waals surface area contributed by atoms with E-state index in [0.29, 0.717) is 24.1 Å². The Hall–Kier alpha value is -1.64. The quantitative estimate of drug-likeness (QED) is 0.288. The number of halogens is 1. The molecular formula is C16H24IN3O3. The zero-order valence-electron chi connectivity index (χ0n) is 13.6. The van der Waals surface area contributed by atoms with Crippen molar-refractivity contribution in [3.05, 3.63) is 29.8 Å². The number of hydrogen-bond donors (Lipinski definition) is 3. The molecule has 3 N–H and O–H groups in total. The highest BCUT2D eigenvalue weighted by molar-refractivity contribution is 14.0. The minimum Gasteiger partial charge on any atom is -0.502 e. The molecule has 1 aromatic carbocycles. The van der Waals surface area contributed by atoms with Crippen molar-refractivity contribution in [1.82, 2.24) is 10.6 Å². The maximum atomic E-state index is 9.91. The lowest BCUT2D eigenvalue weighted by molar-refractivity contribution is 0.339. The van der Waals surface area contributed by atoms with Gasteiger partial charge in [-0.25, -0.2) is 0 Å². The summed E-state index contributed by atoms with van der Waals surface area (Å²) in [6.45, 7) is 0.548. The summed E-state index contributed by atoms with van der Waals surface area (Å²) in [6, 6.07) is 3.94. The Bertz CT molecular complexity index is 543. The van der Waals surface area contributed by atoms with Crippen molar-refractivity contribution in [2.75, 3.05) is 21.3 Å². The van der Waals surface area contributed by atoms with Crippen molar-refractivity contribution in [3.8, 4) is 17.2 Å². The van der Waals surface area contributed by atoms with Gasteiger partial charge in [-0.2, -0.15) is 0 Å². The highest BCUT2D eigenvalue weighted by Gasteiger charge is 2.13. The molecule has 6 nitrogen and oxygen atoms in total. The molecule has 0 saturated carbocycles. The Morgan fingerprint density at radius 3 is 2.26 bits per heavy atom.